The molecular weight excluding hydrogens is 334 g/mol. The van der Waals surface area contributed by atoms with Crippen LogP contribution in [-0.2, 0) is 9.47 Å². The van der Waals surface area contributed by atoms with Crippen molar-refractivity contribution < 1.29 is 9.47 Å². The lowest BCUT2D eigenvalue weighted by Crippen LogP contribution is -2.33. The van der Waals surface area contributed by atoms with Gasteiger partial charge in [-0.2, -0.15) is 0 Å². The van der Waals surface area contributed by atoms with Gasteiger partial charge in [-0.15, -0.1) is 0 Å². The average molecular weight is 384 g/mol. The monoisotopic (exact) mass is 383 g/mol. The predicted molar refractivity (Wildman–Crippen MR) is 117 cm³/mol. The third-order valence-corrected chi connectivity index (χ3v) is 5.80. The molecule has 27 heavy (non-hydrogen) atoms. The molecule has 3 heteroatoms. The molecule has 1 fully saturated rings. The van der Waals surface area contributed by atoms with Crippen molar-refractivity contribution in [3.05, 3.63) is 0 Å². The van der Waals surface area contributed by atoms with Gasteiger partial charge in [0, 0.05) is 19.4 Å². The van der Waals surface area contributed by atoms with Crippen LogP contribution >= 0.6 is 0 Å². The quantitative estimate of drug-likeness (QED) is 0.239. The summed E-state index contributed by atoms with van der Waals surface area (Å²) >= 11 is 0. The lowest BCUT2D eigenvalue weighted by Gasteiger charge is -2.29. The van der Waals surface area contributed by atoms with E-state index in [2.05, 4.69) is 32.8 Å². The minimum Gasteiger partial charge on any atom is -0.347 e. The standard InChI is InChI=1S/C24H49NO2/c1-5-7-9-11-13-15-17-19-24(20-18-16-14-12-10-8-6-2)26-22-23(27-24)21-25(3)4/h23H,5-22H2,1-4H3. The molecule has 0 N–H and O–H groups in total. The van der Waals surface area contributed by atoms with Crippen LogP contribution in [-0.4, -0.2) is 44.0 Å². The van der Waals surface area contributed by atoms with E-state index in [1.54, 1.807) is 0 Å². The molecule has 1 heterocycles. The Morgan fingerprint density at radius 1 is 0.704 bits per heavy atom. The summed E-state index contributed by atoms with van der Waals surface area (Å²) in [5.41, 5.74) is 0. The van der Waals surface area contributed by atoms with Crippen molar-refractivity contribution in [3.8, 4) is 0 Å². The fraction of sp³-hybridized carbons (Fsp3) is 1.00. The lowest BCUT2D eigenvalue weighted by atomic mass is 9.99. The largest absolute Gasteiger partial charge is 0.347 e. The second kappa shape index (κ2) is 15.8. The first kappa shape index (κ1) is 24.9. The summed E-state index contributed by atoms with van der Waals surface area (Å²) in [5, 5.41) is 0. The van der Waals surface area contributed by atoms with Gasteiger partial charge in [0.05, 0.1) is 12.7 Å². The van der Waals surface area contributed by atoms with Crippen molar-refractivity contribution >= 4 is 0 Å². The van der Waals surface area contributed by atoms with E-state index in [9.17, 15) is 0 Å². The number of nitrogens with zero attached hydrogens (tertiary/aromatic N) is 1. The molecule has 1 saturated heterocycles. The summed E-state index contributed by atoms with van der Waals surface area (Å²) in [6, 6.07) is 0. The van der Waals surface area contributed by atoms with Crippen molar-refractivity contribution in [2.45, 2.75) is 128 Å². The highest BCUT2D eigenvalue weighted by molar-refractivity contribution is 4.80. The van der Waals surface area contributed by atoms with Crippen molar-refractivity contribution in [2.75, 3.05) is 27.2 Å². The molecule has 162 valence electrons. The van der Waals surface area contributed by atoms with Crippen molar-refractivity contribution in [2.24, 2.45) is 0 Å². The summed E-state index contributed by atoms with van der Waals surface area (Å²) in [7, 11) is 4.24. The van der Waals surface area contributed by atoms with Gasteiger partial charge in [0.15, 0.2) is 5.79 Å². The molecule has 0 radical (unpaired) electrons. The zero-order valence-corrected chi connectivity index (χ0v) is 19.1. The van der Waals surface area contributed by atoms with Crippen LogP contribution in [0.1, 0.15) is 117 Å². The lowest BCUT2D eigenvalue weighted by molar-refractivity contribution is -0.180. The van der Waals surface area contributed by atoms with Gasteiger partial charge in [0.2, 0.25) is 0 Å². The Morgan fingerprint density at radius 3 is 1.59 bits per heavy atom. The molecule has 0 aromatic rings. The van der Waals surface area contributed by atoms with Gasteiger partial charge in [0.25, 0.3) is 0 Å². The smallest absolute Gasteiger partial charge is 0.168 e. The van der Waals surface area contributed by atoms with Crippen molar-refractivity contribution in [1.29, 1.82) is 0 Å². The third kappa shape index (κ3) is 12.1. The van der Waals surface area contributed by atoms with Crippen LogP contribution in [0.3, 0.4) is 0 Å². The molecule has 1 rings (SSSR count). The van der Waals surface area contributed by atoms with Gasteiger partial charge < -0.3 is 14.4 Å². The van der Waals surface area contributed by atoms with E-state index in [-0.39, 0.29) is 11.9 Å². The number of ether oxygens (including phenoxy) is 2. The van der Waals surface area contributed by atoms with Crippen LogP contribution < -0.4 is 0 Å². The maximum absolute atomic E-state index is 6.49. The van der Waals surface area contributed by atoms with Gasteiger partial charge in [-0.1, -0.05) is 90.9 Å². The maximum Gasteiger partial charge on any atom is 0.168 e. The minimum atomic E-state index is -0.284. The first-order valence-corrected chi connectivity index (χ1v) is 12.1. The summed E-state index contributed by atoms with van der Waals surface area (Å²) in [6.45, 7) is 6.31. The Morgan fingerprint density at radius 2 is 1.15 bits per heavy atom. The minimum absolute atomic E-state index is 0.245. The van der Waals surface area contributed by atoms with Crippen LogP contribution in [0.5, 0.6) is 0 Å². The fourth-order valence-electron chi connectivity index (χ4n) is 4.20. The Kier molecular flexibility index (Phi) is 14.5. The van der Waals surface area contributed by atoms with Crippen molar-refractivity contribution in [1.82, 2.24) is 4.90 Å². The molecule has 1 atom stereocenters. The Bertz CT molecular complexity index is 314. The Labute approximate surface area is 170 Å². The number of rotatable bonds is 18. The molecule has 0 spiro atoms. The fourth-order valence-corrected chi connectivity index (χ4v) is 4.20. The van der Waals surface area contributed by atoms with Gasteiger partial charge in [-0.3, -0.25) is 0 Å². The Hall–Kier alpha value is -0.120. The highest BCUT2D eigenvalue weighted by Crippen LogP contribution is 2.34. The van der Waals surface area contributed by atoms with E-state index in [1.807, 2.05) is 0 Å². The van der Waals surface area contributed by atoms with Gasteiger partial charge in [0.1, 0.15) is 0 Å². The van der Waals surface area contributed by atoms with E-state index in [0.29, 0.717) is 0 Å². The molecule has 0 saturated carbocycles. The van der Waals surface area contributed by atoms with E-state index in [0.717, 1.165) is 26.0 Å². The first-order chi connectivity index (χ1) is 13.1. The third-order valence-electron chi connectivity index (χ3n) is 5.80. The molecule has 0 bridgehead atoms. The van der Waals surface area contributed by atoms with Crippen LogP contribution in [0.25, 0.3) is 0 Å². The summed E-state index contributed by atoms with van der Waals surface area (Å²) in [6.07, 6.45) is 21.3. The van der Waals surface area contributed by atoms with Crippen molar-refractivity contribution in [3.63, 3.8) is 0 Å². The topological polar surface area (TPSA) is 21.7 Å². The molecule has 3 nitrogen and oxygen atoms in total. The van der Waals surface area contributed by atoms with Crippen LogP contribution in [0, 0.1) is 0 Å². The summed E-state index contributed by atoms with van der Waals surface area (Å²) in [5.74, 6) is -0.284. The van der Waals surface area contributed by atoms with E-state index in [4.69, 9.17) is 9.47 Å². The zero-order valence-electron chi connectivity index (χ0n) is 19.1. The van der Waals surface area contributed by atoms with E-state index >= 15 is 0 Å². The predicted octanol–water partition coefficient (Wildman–Crippen LogP) is 6.94. The van der Waals surface area contributed by atoms with Gasteiger partial charge >= 0.3 is 0 Å². The van der Waals surface area contributed by atoms with Gasteiger partial charge in [-0.05, 0) is 26.9 Å². The van der Waals surface area contributed by atoms with E-state index < -0.39 is 0 Å². The maximum atomic E-state index is 6.49. The molecule has 1 unspecified atom stereocenters. The molecule has 1 aliphatic rings. The highest BCUT2D eigenvalue weighted by Gasteiger charge is 2.40. The second-order valence-electron chi connectivity index (χ2n) is 8.97. The van der Waals surface area contributed by atoms with Crippen LogP contribution in [0.15, 0.2) is 0 Å². The molecule has 0 aromatic carbocycles. The molecular formula is C24H49NO2. The number of hydrogen-bond acceptors (Lipinski definition) is 3. The molecule has 1 aliphatic heterocycles. The number of hydrogen-bond donors (Lipinski definition) is 0. The van der Waals surface area contributed by atoms with E-state index in [1.165, 1.54) is 89.9 Å². The zero-order chi connectivity index (χ0) is 19.8. The summed E-state index contributed by atoms with van der Waals surface area (Å²) in [4.78, 5) is 2.21. The van der Waals surface area contributed by atoms with Crippen LogP contribution in [0.2, 0.25) is 0 Å². The van der Waals surface area contributed by atoms with Crippen LogP contribution in [0.4, 0.5) is 0 Å². The Balaban J connectivity index is 2.30. The highest BCUT2D eigenvalue weighted by atomic mass is 16.7. The number of likely N-dealkylation sites (N-methyl/N-ethyl adjacent to an activating group) is 1. The average Bonchev–Trinajstić information content (AvgIpc) is 3.02. The number of unbranched alkanes of at least 4 members (excludes halogenated alkanes) is 12. The molecule has 0 aliphatic carbocycles. The SMILES string of the molecule is CCCCCCCCCC1(CCCCCCCCC)OCC(CN(C)C)O1. The molecule has 0 amide bonds. The van der Waals surface area contributed by atoms with Gasteiger partial charge in [-0.25, -0.2) is 0 Å². The molecule has 0 aromatic heterocycles. The first-order valence-electron chi connectivity index (χ1n) is 12.1. The normalized spacial score (nSPS) is 19.2. The summed E-state index contributed by atoms with van der Waals surface area (Å²) < 4.78 is 12.8. The second-order valence-corrected chi connectivity index (χ2v) is 8.97.